The van der Waals surface area contributed by atoms with E-state index in [1.54, 1.807) is 23.4 Å². The van der Waals surface area contributed by atoms with Crippen molar-refractivity contribution >= 4 is 11.8 Å². The lowest BCUT2D eigenvalue weighted by Gasteiger charge is -2.19. The van der Waals surface area contributed by atoms with Gasteiger partial charge in [0.05, 0.1) is 12.7 Å². The van der Waals surface area contributed by atoms with E-state index >= 15 is 0 Å². The van der Waals surface area contributed by atoms with Crippen LogP contribution in [0.3, 0.4) is 0 Å². The minimum Gasteiger partial charge on any atom is -0.497 e. The highest BCUT2D eigenvalue weighted by molar-refractivity contribution is 7.99. The Balaban J connectivity index is 1.98. The van der Waals surface area contributed by atoms with Crippen LogP contribution in [-0.2, 0) is 13.0 Å². The van der Waals surface area contributed by atoms with Crippen LogP contribution < -0.4 is 15.0 Å². The van der Waals surface area contributed by atoms with Gasteiger partial charge < -0.3 is 9.47 Å². The second-order valence-corrected chi connectivity index (χ2v) is 6.03. The molecule has 0 saturated heterocycles. The Bertz CT molecular complexity index is 725. The first-order valence-electron chi connectivity index (χ1n) is 7.31. The van der Waals surface area contributed by atoms with Gasteiger partial charge >= 0.3 is 0 Å². The van der Waals surface area contributed by atoms with Crippen molar-refractivity contribution in [2.24, 2.45) is 0 Å². The normalized spacial score (nSPS) is 13.5. The second kappa shape index (κ2) is 6.44. The summed E-state index contributed by atoms with van der Waals surface area (Å²) in [5.41, 5.74) is 0.644. The van der Waals surface area contributed by atoms with Crippen LogP contribution in [0.25, 0.3) is 0 Å². The molecule has 1 aromatic heterocycles. The number of thioether (sulfide) groups is 1. The Hall–Kier alpha value is -1.95. The van der Waals surface area contributed by atoms with Crippen molar-refractivity contribution in [2.45, 2.75) is 31.5 Å². The fraction of sp³-hybridized carbons (Fsp3) is 0.375. The molecule has 3 rings (SSSR count). The number of ether oxygens (including phenoxy) is 2. The number of hydrogen-bond acceptors (Lipinski definition) is 5. The molecule has 116 valence electrons. The molecule has 1 aromatic carbocycles. The molecule has 0 saturated carbocycles. The highest BCUT2D eigenvalue weighted by atomic mass is 32.2. The number of fused-ring (bicyclic) bond motifs is 1. The van der Waals surface area contributed by atoms with Gasteiger partial charge in [-0.25, -0.2) is 0 Å². The monoisotopic (exact) mass is 318 g/mol. The van der Waals surface area contributed by atoms with Crippen molar-refractivity contribution in [1.29, 1.82) is 0 Å². The van der Waals surface area contributed by atoms with Gasteiger partial charge in [0.1, 0.15) is 11.5 Å². The Morgan fingerprint density at radius 3 is 2.68 bits per heavy atom. The molecule has 6 heteroatoms. The van der Waals surface area contributed by atoms with Gasteiger partial charge in [-0.1, -0.05) is 18.7 Å². The molecule has 1 aliphatic rings. The number of nitrogens with zero attached hydrogens (tertiary/aromatic N) is 2. The molecule has 0 radical (unpaired) electrons. The molecule has 2 aromatic rings. The van der Waals surface area contributed by atoms with Crippen LogP contribution in [0, 0.1) is 0 Å². The summed E-state index contributed by atoms with van der Waals surface area (Å²) in [6.45, 7) is 2.69. The smallest absolute Gasteiger partial charge is 0.261 e. The Morgan fingerprint density at radius 2 is 2.00 bits per heavy atom. The molecule has 22 heavy (non-hydrogen) atoms. The van der Waals surface area contributed by atoms with Crippen molar-refractivity contribution < 1.29 is 9.47 Å². The summed E-state index contributed by atoms with van der Waals surface area (Å²) < 4.78 is 12.7. The topological polar surface area (TPSA) is 53.4 Å². The van der Waals surface area contributed by atoms with Crippen molar-refractivity contribution in [1.82, 2.24) is 9.55 Å². The average Bonchev–Trinajstić information content (AvgIpc) is 2.56. The van der Waals surface area contributed by atoms with E-state index in [2.05, 4.69) is 4.98 Å². The van der Waals surface area contributed by atoms with E-state index in [-0.39, 0.29) is 5.56 Å². The van der Waals surface area contributed by atoms with Crippen molar-refractivity contribution in [3.8, 4) is 17.4 Å². The first-order chi connectivity index (χ1) is 10.7. The number of benzene rings is 1. The second-order valence-electron chi connectivity index (χ2n) is 4.97. The van der Waals surface area contributed by atoms with Crippen LogP contribution in [0.5, 0.6) is 17.4 Å². The third-order valence-corrected chi connectivity index (χ3v) is 4.64. The molecule has 0 aliphatic carbocycles. The maximum absolute atomic E-state index is 12.6. The molecule has 5 nitrogen and oxygen atoms in total. The molecule has 0 unspecified atom stereocenters. The first kappa shape index (κ1) is 15.0. The van der Waals surface area contributed by atoms with Crippen LogP contribution in [0.4, 0.5) is 0 Å². The molecule has 0 fully saturated rings. The summed E-state index contributed by atoms with van der Waals surface area (Å²) >= 11 is 1.60. The van der Waals surface area contributed by atoms with Gasteiger partial charge in [-0.3, -0.25) is 9.36 Å². The van der Waals surface area contributed by atoms with Gasteiger partial charge in [-0.2, -0.15) is 4.98 Å². The maximum Gasteiger partial charge on any atom is 0.261 e. The molecule has 0 spiro atoms. The minimum absolute atomic E-state index is 0.0169. The lowest BCUT2D eigenvalue weighted by atomic mass is 10.2. The Morgan fingerprint density at radius 1 is 1.27 bits per heavy atom. The molecule has 0 amide bonds. The van der Waals surface area contributed by atoms with Gasteiger partial charge in [0.2, 0.25) is 5.88 Å². The minimum atomic E-state index is 0.0169. The summed E-state index contributed by atoms with van der Waals surface area (Å²) in [6.07, 6.45) is 1.60. The van der Waals surface area contributed by atoms with Crippen LogP contribution in [-0.4, -0.2) is 22.4 Å². The third-order valence-electron chi connectivity index (χ3n) is 3.57. The Labute approximate surface area is 133 Å². The summed E-state index contributed by atoms with van der Waals surface area (Å²) in [5.74, 6) is 2.81. The van der Waals surface area contributed by atoms with E-state index in [0.717, 1.165) is 29.6 Å². The van der Waals surface area contributed by atoms with Gasteiger partial charge in [0, 0.05) is 12.3 Å². The van der Waals surface area contributed by atoms with E-state index in [4.69, 9.17) is 9.47 Å². The predicted molar refractivity (Wildman–Crippen MR) is 86.3 cm³/mol. The zero-order valence-corrected chi connectivity index (χ0v) is 13.5. The fourth-order valence-corrected chi connectivity index (χ4v) is 3.33. The molecule has 0 N–H and O–H groups in total. The van der Waals surface area contributed by atoms with E-state index in [1.807, 2.05) is 31.2 Å². The number of aromatic nitrogens is 2. The number of hydrogen-bond donors (Lipinski definition) is 0. The average molecular weight is 318 g/mol. The van der Waals surface area contributed by atoms with Crippen molar-refractivity contribution in [3.05, 3.63) is 40.2 Å². The third kappa shape index (κ3) is 2.83. The molecule has 0 atom stereocenters. The molecular formula is C16H18N2O3S. The highest BCUT2D eigenvalue weighted by Crippen LogP contribution is 2.28. The highest BCUT2D eigenvalue weighted by Gasteiger charge is 2.19. The summed E-state index contributed by atoms with van der Waals surface area (Å²) in [5, 5.41) is 0.747. The van der Waals surface area contributed by atoms with Gasteiger partial charge in [0.15, 0.2) is 5.16 Å². The Kier molecular flexibility index (Phi) is 4.38. The largest absolute Gasteiger partial charge is 0.497 e. The zero-order valence-electron chi connectivity index (χ0n) is 12.7. The van der Waals surface area contributed by atoms with E-state index in [9.17, 15) is 4.79 Å². The molecule has 2 heterocycles. The van der Waals surface area contributed by atoms with Crippen LogP contribution in [0.2, 0.25) is 0 Å². The number of rotatable bonds is 4. The zero-order chi connectivity index (χ0) is 15.5. The lowest BCUT2D eigenvalue weighted by Crippen LogP contribution is -2.29. The van der Waals surface area contributed by atoms with Gasteiger partial charge in [-0.15, -0.1) is 0 Å². The number of methoxy groups -OCH3 is 1. The molecular weight excluding hydrogens is 300 g/mol. The van der Waals surface area contributed by atoms with Gasteiger partial charge in [-0.05, 0) is 37.1 Å². The standard InChI is InChI=1S/C16H18N2O3S/c1-3-13-14(21-12-7-5-11(20-2)6-8-12)17-16-18(15(13)19)9-4-10-22-16/h5-8H,3-4,9-10H2,1-2H3. The van der Waals surface area contributed by atoms with Gasteiger partial charge in [0.25, 0.3) is 5.56 Å². The van der Waals surface area contributed by atoms with Crippen LogP contribution >= 0.6 is 11.8 Å². The van der Waals surface area contributed by atoms with Crippen molar-refractivity contribution in [2.75, 3.05) is 12.9 Å². The van der Waals surface area contributed by atoms with Crippen LogP contribution in [0.15, 0.2) is 34.2 Å². The molecule has 0 bridgehead atoms. The lowest BCUT2D eigenvalue weighted by molar-refractivity contribution is 0.409. The van der Waals surface area contributed by atoms with Crippen LogP contribution in [0.1, 0.15) is 18.9 Å². The fourth-order valence-electron chi connectivity index (χ4n) is 2.39. The molecule has 1 aliphatic heterocycles. The quantitative estimate of drug-likeness (QED) is 0.811. The predicted octanol–water partition coefficient (Wildman–Crippen LogP) is 3.10. The summed E-state index contributed by atoms with van der Waals surface area (Å²) in [4.78, 5) is 17.1. The van der Waals surface area contributed by atoms with E-state index in [1.165, 1.54) is 0 Å². The maximum atomic E-state index is 12.6. The first-order valence-corrected chi connectivity index (χ1v) is 8.30. The van der Waals surface area contributed by atoms with Crippen molar-refractivity contribution in [3.63, 3.8) is 0 Å². The summed E-state index contributed by atoms with van der Waals surface area (Å²) in [6, 6.07) is 7.26. The summed E-state index contributed by atoms with van der Waals surface area (Å²) in [7, 11) is 1.62. The SMILES string of the molecule is CCc1c(Oc2ccc(OC)cc2)nc2n(c1=O)CCCS2. The van der Waals surface area contributed by atoms with E-state index < -0.39 is 0 Å². The van der Waals surface area contributed by atoms with E-state index in [0.29, 0.717) is 23.6 Å².